The Hall–Kier alpha value is -1.35. The number of ether oxygens (including phenoxy) is 1. The van der Waals surface area contributed by atoms with E-state index in [2.05, 4.69) is 0 Å². The Bertz CT molecular complexity index is 374. The summed E-state index contributed by atoms with van der Waals surface area (Å²) in [5.41, 5.74) is 2.09. The minimum atomic E-state index is -0.746. The molecule has 0 aliphatic rings. The molecular formula is C15H22O3. The van der Waals surface area contributed by atoms with E-state index in [1.54, 1.807) is 0 Å². The molecular weight excluding hydrogens is 228 g/mol. The van der Waals surface area contributed by atoms with Gasteiger partial charge < -0.3 is 9.84 Å². The number of hydrogen-bond donors (Lipinski definition) is 1. The van der Waals surface area contributed by atoms with Crippen LogP contribution in [0.3, 0.4) is 0 Å². The molecule has 1 aromatic carbocycles. The molecule has 1 unspecified atom stereocenters. The van der Waals surface area contributed by atoms with Crippen molar-refractivity contribution in [3.05, 3.63) is 35.4 Å². The Labute approximate surface area is 109 Å². The molecule has 0 bridgehead atoms. The van der Waals surface area contributed by atoms with Crippen LogP contribution >= 0.6 is 0 Å². The molecule has 0 amide bonds. The highest BCUT2D eigenvalue weighted by Gasteiger charge is 2.17. The molecule has 1 rings (SSSR count). The van der Waals surface area contributed by atoms with Gasteiger partial charge in [-0.2, -0.15) is 0 Å². The molecule has 0 radical (unpaired) electrons. The van der Waals surface area contributed by atoms with Gasteiger partial charge in [-0.25, -0.2) is 0 Å². The maximum Gasteiger partial charge on any atom is 0.310 e. The summed E-state index contributed by atoms with van der Waals surface area (Å²) in [5.74, 6) is -1.14. The molecule has 0 aromatic heterocycles. The Balaban J connectivity index is 2.63. The van der Waals surface area contributed by atoms with E-state index in [-0.39, 0.29) is 0 Å². The van der Waals surface area contributed by atoms with Crippen molar-refractivity contribution in [2.45, 2.75) is 39.0 Å². The van der Waals surface area contributed by atoms with Crippen LogP contribution in [0.1, 0.15) is 43.7 Å². The summed E-state index contributed by atoms with van der Waals surface area (Å²) >= 11 is 0. The predicted molar refractivity (Wildman–Crippen MR) is 71.9 cm³/mol. The average molecular weight is 250 g/mol. The summed E-state index contributed by atoms with van der Waals surface area (Å²) in [5, 5.41) is 9.14. The van der Waals surface area contributed by atoms with Crippen molar-refractivity contribution >= 4 is 5.97 Å². The van der Waals surface area contributed by atoms with E-state index in [1.165, 1.54) is 5.56 Å². The molecule has 0 saturated heterocycles. The molecule has 1 aromatic rings. The van der Waals surface area contributed by atoms with Gasteiger partial charge in [-0.05, 0) is 37.3 Å². The Morgan fingerprint density at radius 3 is 2.78 bits per heavy atom. The second-order valence-corrected chi connectivity index (χ2v) is 4.34. The first-order valence-electron chi connectivity index (χ1n) is 6.58. The number of rotatable bonds is 8. The third-order valence-corrected chi connectivity index (χ3v) is 3.02. The van der Waals surface area contributed by atoms with Crippen LogP contribution in [0.15, 0.2) is 24.3 Å². The lowest BCUT2D eigenvalue weighted by Crippen LogP contribution is -2.10. The third-order valence-electron chi connectivity index (χ3n) is 3.02. The quantitative estimate of drug-likeness (QED) is 0.720. The molecule has 0 spiro atoms. The highest BCUT2D eigenvalue weighted by Crippen LogP contribution is 2.21. The molecule has 1 atom stereocenters. The van der Waals surface area contributed by atoms with E-state index >= 15 is 0 Å². The fourth-order valence-electron chi connectivity index (χ4n) is 2.04. The minimum absolute atomic E-state index is 0.392. The highest BCUT2D eigenvalue weighted by molar-refractivity contribution is 5.76. The van der Waals surface area contributed by atoms with Crippen LogP contribution in [-0.2, 0) is 16.0 Å². The van der Waals surface area contributed by atoms with Gasteiger partial charge in [-0.15, -0.1) is 0 Å². The van der Waals surface area contributed by atoms with Crippen molar-refractivity contribution in [2.75, 3.05) is 13.2 Å². The Kier molecular flexibility index (Phi) is 6.44. The molecule has 0 aliphatic carbocycles. The van der Waals surface area contributed by atoms with E-state index in [0.29, 0.717) is 6.42 Å². The molecule has 0 aliphatic heterocycles. The van der Waals surface area contributed by atoms with E-state index < -0.39 is 11.9 Å². The summed E-state index contributed by atoms with van der Waals surface area (Å²) in [6.07, 6.45) is 2.53. The molecule has 18 heavy (non-hydrogen) atoms. The van der Waals surface area contributed by atoms with E-state index in [1.807, 2.05) is 38.1 Å². The first-order chi connectivity index (χ1) is 8.69. The van der Waals surface area contributed by atoms with Gasteiger partial charge in [0, 0.05) is 13.2 Å². The number of carbonyl (C=O) groups is 1. The normalized spacial score (nSPS) is 12.3. The number of aliphatic carboxylic acids is 1. The fraction of sp³-hybridized carbons (Fsp3) is 0.533. The molecule has 3 heteroatoms. The highest BCUT2D eigenvalue weighted by atomic mass is 16.5. The van der Waals surface area contributed by atoms with Crippen molar-refractivity contribution in [3.8, 4) is 0 Å². The van der Waals surface area contributed by atoms with Gasteiger partial charge in [0.05, 0.1) is 5.92 Å². The number of carboxylic acid groups (broad SMARTS) is 1. The summed E-state index contributed by atoms with van der Waals surface area (Å²) in [7, 11) is 0. The zero-order chi connectivity index (χ0) is 13.4. The SMILES string of the molecule is CCOCCCc1cccc(C(CC)C(=O)O)c1. The molecule has 0 heterocycles. The van der Waals surface area contributed by atoms with Gasteiger partial charge in [0.25, 0.3) is 0 Å². The van der Waals surface area contributed by atoms with Crippen LogP contribution in [0, 0.1) is 0 Å². The van der Waals surface area contributed by atoms with Crippen LogP contribution in [0.2, 0.25) is 0 Å². The third kappa shape index (κ3) is 4.49. The predicted octanol–water partition coefficient (Wildman–Crippen LogP) is 3.23. The van der Waals surface area contributed by atoms with Crippen molar-refractivity contribution in [2.24, 2.45) is 0 Å². The zero-order valence-electron chi connectivity index (χ0n) is 11.2. The van der Waals surface area contributed by atoms with Gasteiger partial charge in [0.2, 0.25) is 0 Å². The van der Waals surface area contributed by atoms with Gasteiger partial charge in [0.1, 0.15) is 0 Å². The lowest BCUT2D eigenvalue weighted by atomic mass is 9.94. The minimum Gasteiger partial charge on any atom is -0.481 e. The summed E-state index contributed by atoms with van der Waals surface area (Å²) in [6.45, 7) is 5.40. The lowest BCUT2D eigenvalue weighted by Gasteiger charge is -2.11. The van der Waals surface area contributed by atoms with Gasteiger partial charge in [-0.3, -0.25) is 4.79 Å². The van der Waals surface area contributed by atoms with E-state index in [4.69, 9.17) is 9.84 Å². The lowest BCUT2D eigenvalue weighted by molar-refractivity contribution is -0.138. The maximum atomic E-state index is 11.1. The smallest absolute Gasteiger partial charge is 0.310 e. The Morgan fingerprint density at radius 1 is 1.39 bits per heavy atom. The molecule has 1 N–H and O–H groups in total. The van der Waals surface area contributed by atoms with Crippen molar-refractivity contribution in [1.29, 1.82) is 0 Å². The number of aryl methyl sites for hydroxylation is 1. The summed E-state index contributed by atoms with van der Waals surface area (Å²) in [6, 6.07) is 7.89. The maximum absolute atomic E-state index is 11.1. The summed E-state index contributed by atoms with van der Waals surface area (Å²) in [4.78, 5) is 11.1. The number of benzene rings is 1. The largest absolute Gasteiger partial charge is 0.481 e. The topological polar surface area (TPSA) is 46.5 Å². The van der Waals surface area contributed by atoms with Crippen LogP contribution in [0.25, 0.3) is 0 Å². The molecule has 100 valence electrons. The average Bonchev–Trinajstić information content (AvgIpc) is 2.36. The van der Waals surface area contributed by atoms with E-state index in [0.717, 1.165) is 31.6 Å². The van der Waals surface area contributed by atoms with E-state index in [9.17, 15) is 4.79 Å². The number of carboxylic acids is 1. The van der Waals surface area contributed by atoms with Gasteiger partial charge in [0.15, 0.2) is 0 Å². The first kappa shape index (κ1) is 14.7. The van der Waals surface area contributed by atoms with Gasteiger partial charge >= 0.3 is 5.97 Å². The monoisotopic (exact) mass is 250 g/mol. The molecule has 3 nitrogen and oxygen atoms in total. The van der Waals surface area contributed by atoms with Gasteiger partial charge in [-0.1, -0.05) is 31.2 Å². The van der Waals surface area contributed by atoms with Crippen LogP contribution in [-0.4, -0.2) is 24.3 Å². The second kappa shape index (κ2) is 7.88. The van der Waals surface area contributed by atoms with Crippen LogP contribution < -0.4 is 0 Å². The van der Waals surface area contributed by atoms with Crippen molar-refractivity contribution in [3.63, 3.8) is 0 Å². The Morgan fingerprint density at radius 2 is 2.17 bits per heavy atom. The fourth-order valence-corrected chi connectivity index (χ4v) is 2.04. The van der Waals surface area contributed by atoms with Crippen molar-refractivity contribution in [1.82, 2.24) is 0 Å². The zero-order valence-corrected chi connectivity index (χ0v) is 11.2. The second-order valence-electron chi connectivity index (χ2n) is 4.34. The summed E-state index contributed by atoms with van der Waals surface area (Å²) < 4.78 is 5.30. The van der Waals surface area contributed by atoms with Crippen molar-refractivity contribution < 1.29 is 14.6 Å². The molecule has 0 fully saturated rings. The molecule has 0 saturated carbocycles. The first-order valence-corrected chi connectivity index (χ1v) is 6.58. The van der Waals surface area contributed by atoms with Crippen LogP contribution in [0.5, 0.6) is 0 Å². The van der Waals surface area contributed by atoms with Crippen LogP contribution in [0.4, 0.5) is 0 Å². The standard InChI is InChI=1S/C15H22O3/c1-3-14(15(16)17)13-9-5-7-12(11-13)8-6-10-18-4-2/h5,7,9,11,14H,3-4,6,8,10H2,1-2H3,(H,16,17). The number of hydrogen-bond acceptors (Lipinski definition) is 2.